The van der Waals surface area contributed by atoms with E-state index in [0.717, 1.165) is 12.1 Å². The number of benzene rings is 2. The summed E-state index contributed by atoms with van der Waals surface area (Å²) in [6, 6.07) is 13.3. The van der Waals surface area contributed by atoms with E-state index in [4.69, 9.17) is 5.10 Å². The molecule has 0 aromatic heterocycles. The molecule has 128 valence electrons. The van der Waals surface area contributed by atoms with Gasteiger partial charge in [0.1, 0.15) is 0 Å². The Morgan fingerprint density at radius 1 is 0.917 bits per heavy atom. The second kappa shape index (κ2) is 7.65. The Balaban J connectivity index is 2.53. The van der Waals surface area contributed by atoms with Crippen LogP contribution in [-0.2, 0) is 0 Å². The highest BCUT2D eigenvalue weighted by atomic mass is 15.4. The highest BCUT2D eigenvalue weighted by Gasteiger charge is 2.13. The Labute approximate surface area is 147 Å². The van der Waals surface area contributed by atoms with Crippen LogP contribution in [-0.4, -0.2) is 24.8 Å². The van der Waals surface area contributed by atoms with Crippen LogP contribution < -0.4 is 0 Å². The largest absolute Gasteiger partial charge is 0.303 e. The van der Waals surface area contributed by atoms with E-state index in [2.05, 4.69) is 71.0 Å². The predicted molar refractivity (Wildman–Crippen MR) is 105 cm³/mol. The summed E-state index contributed by atoms with van der Waals surface area (Å²) in [5.41, 5.74) is 8.77. The number of rotatable bonds is 5. The van der Waals surface area contributed by atoms with E-state index in [1.165, 1.54) is 33.4 Å². The van der Waals surface area contributed by atoms with Gasteiger partial charge in [-0.25, -0.2) is 0 Å². The third-order valence-electron chi connectivity index (χ3n) is 4.77. The molecule has 0 bridgehead atoms. The summed E-state index contributed by atoms with van der Waals surface area (Å²) in [7, 11) is 3.95. The first-order valence-electron chi connectivity index (χ1n) is 8.78. The zero-order chi connectivity index (χ0) is 17.9. The number of hydrazone groups is 1. The first-order valence-corrected chi connectivity index (χ1v) is 8.78. The van der Waals surface area contributed by atoms with E-state index in [1.807, 2.05) is 19.1 Å². The molecule has 2 nitrogen and oxygen atoms in total. The third kappa shape index (κ3) is 4.05. The van der Waals surface area contributed by atoms with E-state index < -0.39 is 0 Å². The van der Waals surface area contributed by atoms with Crippen molar-refractivity contribution < 1.29 is 0 Å². The van der Waals surface area contributed by atoms with Crippen molar-refractivity contribution in [2.24, 2.45) is 5.10 Å². The lowest BCUT2D eigenvalue weighted by Gasteiger charge is -2.17. The van der Waals surface area contributed by atoms with Crippen molar-refractivity contribution in [3.8, 4) is 0 Å². The van der Waals surface area contributed by atoms with Crippen molar-refractivity contribution in [2.45, 2.75) is 47.0 Å². The molecular formula is C22H30N2. The van der Waals surface area contributed by atoms with Gasteiger partial charge in [0.15, 0.2) is 0 Å². The zero-order valence-electron chi connectivity index (χ0n) is 16.1. The van der Waals surface area contributed by atoms with Gasteiger partial charge in [-0.2, -0.15) is 5.10 Å². The maximum absolute atomic E-state index is 4.77. The molecule has 0 amide bonds. The summed E-state index contributed by atoms with van der Waals surface area (Å²) in [6.07, 6.45) is 1.16. The van der Waals surface area contributed by atoms with Crippen LogP contribution in [0.5, 0.6) is 0 Å². The fourth-order valence-electron chi connectivity index (χ4n) is 2.97. The van der Waals surface area contributed by atoms with Gasteiger partial charge in [0.2, 0.25) is 0 Å². The van der Waals surface area contributed by atoms with Crippen molar-refractivity contribution in [3.05, 3.63) is 69.8 Å². The maximum Gasteiger partial charge on any atom is 0.0976 e. The molecule has 0 heterocycles. The Morgan fingerprint density at radius 3 is 2.00 bits per heavy atom. The van der Waals surface area contributed by atoms with Gasteiger partial charge in [0, 0.05) is 25.2 Å². The second-order valence-electron chi connectivity index (χ2n) is 6.98. The Hall–Kier alpha value is -2.09. The van der Waals surface area contributed by atoms with Gasteiger partial charge in [0.05, 0.1) is 5.71 Å². The van der Waals surface area contributed by atoms with Crippen molar-refractivity contribution in [2.75, 3.05) is 14.1 Å². The first kappa shape index (κ1) is 18.3. The fourth-order valence-corrected chi connectivity index (χ4v) is 2.97. The van der Waals surface area contributed by atoms with Crippen LogP contribution in [0.1, 0.15) is 59.6 Å². The number of nitrogens with zero attached hydrogens (tertiary/aromatic N) is 2. The minimum Gasteiger partial charge on any atom is -0.303 e. The van der Waals surface area contributed by atoms with E-state index in [1.54, 1.807) is 0 Å². The van der Waals surface area contributed by atoms with Crippen LogP contribution in [0.3, 0.4) is 0 Å². The normalized spacial score (nSPS) is 13.0. The highest BCUT2D eigenvalue weighted by molar-refractivity contribution is 6.13. The average Bonchev–Trinajstić information content (AvgIpc) is 2.54. The summed E-state index contributed by atoms with van der Waals surface area (Å²) in [5, 5.41) is 6.65. The van der Waals surface area contributed by atoms with Crippen molar-refractivity contribution in [1.29, 1.82) is 0 Å². The van der Waals surface area contributed by atoms with E-state index in [9.17, 15) is 0 Å². The molecule has 24 heavy (non-hydrogen) atoms. The van der Waals surface area contributed by atoms with Gasteiger partial charge in [-0.1, -0.05) is 38.1 Å². The van der Waals surface area contributed by atoms with E-state index in [-0.39, 0.29) is 0 Å². The number of hydrogen-bond acceptors (Lipinski definition) is 2. The van der Waals surface area contributed by atoms with E-state index in [0.29, 0.717) is 5.92 Å². The molecule has 0 fully saturated rings. The summed E-state index contributed by atoms with van der Waals surface area (Å²) >= 11 is 0. The first-order chi connectivity index (χ1) is 11.3. The van der Waals surface area contributed by atoms with Gasteiger partial charge in [0.25, 0.3) is 0 Å². The van der Waals surface area contributed by atoms with Gasteiger partial charge in [-0.3, -0.25) is 0 Å². The lowest BCUT2D eigenvalue weighted by atomic mass is 9.90. The molecule has 0 spiro atoms. The summed E-state index contributed by atoms with van der Waals surface area (Å²) < 4.78 is 0. The molecule has 0 saturated carbocycles. The monoisotopic (exact) mass is 322 g/mol. The Morgan fingerprint density at radius 2 is 1.50 bits per heavy atom. The van der Waals surface area contributed by atoms with Gasteiger partial charge >= 0.3 is 0 Å². The standard InChI is InChI=1S/C22H30N2/c1-8-15(2)21-12-11-20(14-18(21)5)22(23-24(6)7)19-10-9-16(3)17(4)13-19/h9-15H,8H2,1-7H3. The van der Waals surface area contributed by atoms with Gasteiger partial charge in [-0.15, -0.1) is 0 Å². The highest BCUT2D eigenvalue weighted by Crippen LogP contribution is 2.25. The quantitative estimate of drug-likeness (QED) is 0.528. The zero-order valence-corrected chi connectivity index (χ0v) is 16.1. The van der Waals surface area contributed by atoms with Crippen LogP contribution >= 0.6 is 0 Å². The Kier molecular flexibility index (Phi) is 5.82. The molecule has 2 aromatic carbocycles. The molecule has 1 unspecified atom stereocenters. The molecule has 2 rings (SSSR count). The summed E-state index contributed by atoms with van der Waals surface area (Å²) in [5.74, 6) is 0.593. The molecule has 0 saturated heterocycles. The average molecular weight is 322 g/mol. The molecule has 0 radical (unpaired) electrons. The van der Waals surface area contributed by atoms with Crippen LogP contribution in [0.2, 0.25) is 0 Å². The van der Waals surface area contributed by atoms with Crippen molar-refractivity contribution >= 4 is 5.71 Å². The minimum atomic E-state index is 0.593. The molecule has 0 N–H and O–H groups in total. The lowest BCUT2D eigenvalue weighted by molar-refractivity contribution is 0.438. The maximum atomic E-state index is 4.77. The van der Waals surface area contributed by atoms with Crippen molar-refractivity contribution in [3.63, 3.8) is 0 Å². The molecule has 0 aliphatic heterocycles. The second-order valence-corrected chi connectivity index (χ2v) is 6.98. The minimum absolute atomic E-state index is 0.593. The molecular weight excluding hydrogens is 292 g/mol. The number of aryl methyl sites for hydroxylation is 3. The smallest absolute Gasteiger partial charge is 0.0976 e. The van der Waals surface area contributed by atoms with Crippen LogP contribution in [0, 0.1) is 20.8 Å². The topological polar surface area (TPSA) is 15.6 Å². The predicted octanol–water partition coefficient (Wildman–Crippen LogP) is 5.44. The summed E-state index contributed by atoms with van der Waals surface area (Å²) in [6.45, 7) is 11.0. The molecule has 1 atom stereocenters. The van der Waals surface area contributed by atoms with Crippen molar-refractivity contribution in [1.82, 2.24) is 5.01 Å². The SMILES string of the molecule is CCC(C)c1ccc(C(=NN(C)C)c2ccc(C)c(C)c2)cc1C. The third-order valence-corrected chi connectivity index (χ3v) is 4.77. The van der Waals surface area contributed by atoms with Gasteiger partial charge < -0.3 is 5.01 Å². The Bertz CT molecular complexity index is 742. The number of hydrogen-bond donors (Lipinski definition) is 0. The fraction of sp³-hybridized carbons (Fsp3) is 0.409. The lowest BCUT2D eigenvalue weighted by Crippen LogP contribution is -2.12. The molecule has 2 heteroatoms. The van der Waals surface area contributed by atoms with E-state index >= 15 is 0 Å². The molecule has 0 aliphatic carbocycles. The molecule has 0 aliphatic rings. The molecule has 2 aromatic rings. The van der Waals surface area contributed by atoms with Gasteiger partial charge in [-0.05, 0) is 67.5 Å². The summed E-state index contributed by atoms with van der Waals surface area (Å²) in [4.78, 5) is 0. The van der Waals surface area contributed by atoms with Crippen LogP contribution in [0.4, 0.5) is 0 Å². The van der Waals surface area contributed by atoms with Crippen LogP contribution in [0.15, 0.2) is 41.5 Å². The van der Waals surface area contributed by atoms with Crippen LogP contribution in [0.25, 0.3) is 0 Å².